The Hall–Kier alpha value is -1.83. The van der Waals surface area contributed by atoms with Crippen molar-refractivity contribution < 1.29 is 4.79 Å². The minimum atomic E-state index is 0.0661. The van der Waals surface area contributed by atoms with Gasteiger partial charge in [0.05, 0.1) is 0 Å². The number of hydrogen-bond donors (Lipinski definition) is 0. The average molecular weight is 269 g/mol. The highest BCUT2D eigenvalue weighted by Gasteiger charge is 2.06. The van der Waals surface area contributed by atoms with E-state index in [0.29, 0.717) is 0 Å². The number of hydrogen-bond acceptors (Lipinski definition) is 2. The second-order valence-electron chi connectivity index (χ2n) is 5.53. The molecule has 0 spiro atoms. The summed E-state index contributed by atoms with van der Waals surface area (Å²) in [5, 5.41) is 0. The van der Waals surface area contributed by atoms with Crippen molar-refractivity contribution in [3.8, 4) is 0 Å². The lowest BCUT2D eigenvalue weighted by atomic mass is 10.1. The number of ketones is 1. The van der Waals surface area contributed by atoms with Crippen molar-refractivity contribution in [2.75, 3.05) is 13.1 Å². The number of rotatable bonds is 4. The molecule has 1 heterocycles. The lowest BCUT2D eigenvalue weighted by Gasteiger charge is -2.25. The first kappa shape index (κ1) is 14.6. The molecule has 1 aromatic rings. The van der Waals surface area contributed by atoms with E-state index >= 15 is 0 Å². The fraction of sp³-hybridized carbons (Fsp3) is 0.389. The Bertz CT molecular complexity index is 505. The summed E-state index contributed by atoms with van der Waals surface area (Å²) >= 11 is 0. The average Bonchev–Trinajstić information content (AvgIpc) is 2.46. The van der Waals surface area contributed by atoms with E-state index in [-0.39, 0.29) is 5.78 Å². The third-order valence-electron chi connectivity index (χ3n) is 3.61. The van der Waals surface area contributed by atoms with Crippen LogP contribution in [0.5, 0.6) is 0 Å². The van der Waals surface area contributed by atoms with E-state index in [1.165, 1.54) is 24.8 Å². The molecule has 0 amide bonds. The highest BCUT2D eigenvalue weighted by atomic mass is 16.1. The maximum absolute atomic E-state index is 12.0. The molecule has 0 bridgehead atoms. The topological polar surface area (TPSA) is 20.3 Å². The largest absolute Gasteiger partial charge is 0.377 e. The van der Waals surface area contributed by atoms with Gasteiger partial charge in [0.2, 0.25) is 0 Å². The normalized spacial score (nSPS) is 16.7. The van der Waals surface area contributed by atoms with Crippen LogP contribution in [0, 0.1) is 6.92 Å². The second-order valence-corrected chi connectivity index (χ2v) is 5.53. The number of aryl methyl sites for hydroxylation is 1. The molecule has 2 heteroatoms. The van der Waals surface area contributed by atoms with Gasteiger partial charge in [0.1, 0.15) is 0 Å². The first-order valence-corrected chi connectivity index (χ1v) is 7.37. The summed E-state index contributed by atoms with van der Waals surface area (Å²) in [4.78, 5) is 14.4. The molecule has 20 heavy (non-hydrogen) atoms. The Kier molecular flexibility index (Phi) is 5.16. The number of piperidine rings is 1. The van der Waals surface area contributed by atoms with Crippen molar-refractivity contribution in [1.29, 1.82) is 0 Å². The predicted molar refractivity (Wildman–Crippen MR) is 83.8 cm³/mol. The summed E-state index contributed by atoms with van der Waals surface area (Å²) in [6.45, 7) is 6.34. The summed E-state index contributed by atoms with van der Waals surface area (Å²) in [7, 11) is 0. The predicted octanol–water partition coefficient (Wildman–Crippen LogP) is 4.12. The van der Waals surface area contributed by atoms with Crippen LogP contribution in [0.3, 0.4) is 0 Å². The van der Waals surface area contributed by atoms with Crippen LogP contribution in [0.1, 0.15) is 42.1 Å². The van der Waals surface area contributed by atoms with Gasteiger partial charge in [-0.2, -0.15) is 0 Å². The van der Waals surface area contributed by atoms with Gasteiger partial charge in [0.15, 0.2) is 5.78 Å². The van der Waals surface area contributed by atoms with Crippen molar-refractivity contribution in [2.45, 2.75) is 33.1 Å². The van der Waals surface area contributed by atoms with Crippen LogP contribution in [0.2, 0.25) is 0 Å². The Morgan fingerprint density at radius 1 is 1.05 bits per heavy atom. The first-order valence-electron chi connectivity index (χ1n) is 7.37. The van der Waals surface area contributed by atoms with Crippen LogP contribution < -0.4 is 0 Å². The Labute approximate surface area is 121 Å². The van der Waals surface area contributed by atoms with Gasteiger partial charge in [0, 0.05) is 24.9 Å². The maximum Gasteiger partial charge on any atom is 0.185 e. The van der Waals surface area contributed by atoms with Gasteiger partial charge >= 0.3 is 0 Å². The van der Waals surface area contributed by atoms with E-state index in [2.05, 4.69) is 11.1 Å². The molecule has 1 aliphatic rings. The van der Waals surface area contributed by atoms with Crippen LogP contribution in [0.25, 0.3) is 0 Å². The van der Waals surface area contributed by atoms with E-state index in [1.807, 2.05) is 44.2 Å². The number of benzene rings is 1. The standard InChI is InChI=1S/C18H23NO/c1-15-6-9-17(10-7-15)18(20)11-8-16(2)14-19-12-4-3-5-13-19/h6-11,14H,3-5,12-13H2,1-2H3/b11-8-,16-14-. The zero-order valence-electron chi connectivity index (χ0n) is 12.4. The smallest absolute Gasteiger partial charge is 0.185 e. The van der Waals surface area contributed by atoms with Gasteiger partial charge in [-0.1, -0.05) is 35.9 Å². The Balaban J connectivity index is 1.95. The number of carbonyl (C=O) groups excluding carboxylic acids is 1. The van der Waals surface area contributed by atoms with Gasteiger partial charge in [-0.15, -0.1) is 0 Å². The van der Waals surface area contributed by atoms with Crippen LogP contribution >= 0.6 is 0 Å². The van der Waals surface area contributed by atoms with Crippen LogP contribution in [-0.2, 0) is 0 Å². The van der Waals surface area contributed by atoms with Gasteiger partial charge in [-0.25, -0.2) is 0 Å². The number of likely N-dealkylation sites (tertiary alicyclic amines) is 1. The van der Waals surface area contributed by atoms with Gasteiger partial charge in [-0.05, 0) is 44.8 Å². The lowest BCUT2D eigenvalue weighted by molar-refractivity contribution is 0.104. The molecule has 0 aromatic heterocycles. The second kappa shape index (κ2) is 7.09. The Morgan fingerprint density at radius 2 is 1.70 bits per heavy atom. The third-order valence-corrected chi connectivity index (χ3v) is 3.61. The van der Waals surface area contributed by atoms with E-state index in [0.717, 1.165) is 24.2 Å². The molecular weight excluding hydrogens is 246 g/mol. The summed E-state index contributed by atoms with van der Waals surface area (Å²) in [6.07, 6.45) is 9.63. The molecule has 0 N–H and O–H groups in total. The fourth-order valence-electron chi connectivity index (χ4n) is 2.40. The molecule has 0 aliphatic carbocycles. The first-order chi connectivity index (χ1) is 9.65. The number of nitrogens with zero attached hydrogens (tertiary/aromatic N) is 1. The third kappa shape index (κ3) is 4.37. The Morgan fingerprint density at radius 3 is 2.35 bits per heavy atom. The van der Waals surface area contributed by atoms with E-state index in [9.17, 15) is 4.79 Å². The number of allylic oxidation sites excluding steroid dienone is 3. The highest BCUT2D eigenvalue weighted by Crippen LogP contribution is 2.11. The summed E-state index contributed by atoms with van der Waals surface area (Å²) < 4.78 is 0. The minimum absolute atomic E-state index is 0.0661. The zero-order valence-corrected chi connectivity index (χ0v) is 12.4. The molecule has 2 nitrogen and oxygen atoms in total. The summed E-state index contributed by atoms with van der Waals surface area (Å²) in [5.74, 6) is 0.0661. The lowest BCUT2D eigenvalue weighted by Crippen LogP contribution is -2.24. The van der Waals surface area contributed by atoms with Gasteiger partial charge < -0.3 is 4.90 Å². The molecule has 0 atom stereocenters. The fourth-order valence-corrected chi connectivity index (χ4v) is 2.40. The van der Waals surface area contributed by atoms with Gasteiger partial charge in [-0.3, -0.25) is 4.79 Å². The van der Waals surface area contributed by atoms with Crippen LogP contribution in [-0.4, -0.2) is 23.8 Å². The van der Waals surface area contributed by atoms with E-state index in [4.69, 9.17) is 0 Å². The minimum Gasteiger partial charge on any atom is -0.377 e. The molecule has 1 aliphatic heterocycles. The highest BCUT2D eigenvalue weighted by molar-refractivity contribution is 6.04. The molecule has 1 aromatic carbocycles. The van der Waals surface area contributed by atoms with Crippen molar-refractivity contribution in [3.63, 3.8) is 0 Å². The maximum atomic E-state index is 12.0. The summed E-state index contributed by atoms with van der Waals surface area (Å²) in [5.41, 5.74) is 3.05. The molecule has 0 saturated carbocycles. The van der Waals surface area contributed by atoms with Crippen LogP contribution in [0.15, 0.2) is 48.2 Å². The molecule has 2 rings (SSSR count). The van der Waals surface area contributed by atoms with E-state index < -0.39 is 0 Å². The monoisotopic (exact) mass is 269 g/mol. The zero-order chi connectivity index (χ0) is 14.4. The van der Waals surface area contributed by atoms with Crippen molar-refractivity contribution in [1.82, 2.24) is 4.90 Å². The molecule has 106 valence electrons. The quantitative estimate of drug-likeness (QED) is 0.465. The molecule has 0 unspecified atom stereocenters. The SMILES string of the molecule is CC(/C=C\C(=O)c1ccc(C)cc1)=C/N1CCCCC1. The number of carbonyl (C=O) groups is 1. The molecule has 0 radical (unpaired) electrons. The van der Waals surface area contributed by atoms with E-state index in [1.54, 1.807) is 6.08 Å². The summed E-state index contributed by atoms with van der Waals surface area (Å²) in [6, 6.07) is 7.70. The van der Waals surface area contributed by atoms with Gasteiger partial charge in [0.25, 0.3) is 0 Å². The van der Waals surface area contributed by atoms with Crippen molar-refractivity contribution in [3.05, 3.63) is 59.3 Å². The molecule has 1 saturated heterocycles. The van der Waals surface area contributed by atoms with Crippen molar-refractivity contribution in [2.24, 2.45) is 0 Å². The molecule has 1 fully saturated rings. The molecular formula is C18H23NO. The van der Waals surface area contributed by atoms with Crippen LogP contribution in [0.4, 0.5) is 0 Å². The van der Waals surface area contributed by atoms with Crippen molar-refractivity contribution >= 4 is 5.78 Å².